The smallest absolute Gasteiger partial charge is 0.0771 e. The van der Waals surface area contributed by atoms with E-state index in [-0.39, 0.29) is 6.04 Å². The Hall–Kier alpha value is -0.380. The van der Waals surface area contributed by atoms with Crippen LogP contribution in [0.1, 0.15) is 57.1 Å². The largest absolute Gasteiger partial charge is 0.389 e. The molecule has 1 aromatic carbocycles. The van der Waals surface area contributed by atoms with Gasteiger partial charge in [0.05, 0.1) is 5.60 Å². The monoisotopic (exact) mass is 325 g/mol. The van der Waals surface area contributed by atoms with Crippen molar-refractivity contribution in [3.05, 3.63) is 34.3 Å². The quantitative estimate of drug-likeness (QED) is 0.814. The Bertz CT molecular complexity index is 382. The van der Waals surface area contributed by atoms with Crippen LogP contribution in [0.2, 0.25) is 0 Å². The lowest BCUT2D eigenvalue weighted by molar-refractivity contribution is 0.0231. The van der Waals surface area contributed by atoms with Crippen LogP contribution in [0.3, 0.4) is 0 Å². The minimum atomic E-state index is -0.500. The average Bonchev–Trinajstić information content (AvgIpc) is 2.62. The molecule has 0 aromatic heterocycles. The predicted octanol–water partition coefficient (Wildman–Crippen LogP) is 4.19. The van der Waals surface area contributed by atoms with Gasteiger partial charge in [-0.05, 0) is 37.5 Å². The summed E-state index contributed by atoms with van der Waals surface area (Å²) in [4.78, 5) is 0. The number of hydrogen-bond donors (Lipinski definition) is 2. The number of halogens is 1. The van der Waals surface area contributed by atoms with Gasteiger partial charge in [0.25, 0.3) is 0 Å². The van der Waals surface area contributed by atoms with Gasteiger partial charge in [-0.3, -0.25) is 0 Å². The van der Waals surface area contributed by atoms with Crippen LogP contribution in [-0.2, 0) is 0 Å². The molecule has 2 nitrogen and oxygen atoms in total. The third-order valence-corrected chi connectivity index (χ3v) is 4.67. The van der Waals surface area contributed by atoms with Gasteiger partial charge in [0.2, 0.25) is 0 Å². The van der Waals surface area contributed by atoms with Crippen molar-refractivity contribution in [1.82, 2.24) is 5.32 Å². The summed E-state index contributed by atoms with van der Waals surface area (Å²) >= 11 is 3.45. The Morgan fingerprint density at radius 1 is 1.16 bits per heavy atom. The molecule has 0 saturated heterocycles. The van der Waals surface area contributed by atoms with E-state index in [2.05, 4.69) is 52.4 Å². The minimum absolute atomic E-state index is 0.278. The third-order valence-electron chi connectivity index (χ3n) is 4.14. The Labute approximate surface area is 124 Å². The van der Waals surface area contributed by atoms with Gasteiger partial charge in [-0.1, -0.05) is 53.7 Å². The van der Waals surface area contributed by atoms with Crippen LogP contribution in [0.25, 0.3) is 0 Å². The lowest BCUT2D eigenvalue weighted by atomic mass is 9.94. The van der Waals surface area contributed by atoms with Crippen molar-refractivity contribution in [1.29, 1.82) is 0 Å². The summed E-state index contributed by atoms with van der Waals surface area (Å²) in [5, 5.41) is 14.1. The molecule has 1 aliphatic rings. The third kappa shape index (κ3) is 4.59. The number of aliphatic hydroxyl groups is 1. The number of rotatable bonds is 4. The molecule has 0 spiro atoms. The van der Waals surface area contributed by atoms with Crippen LogP contribution >= 0.6 is 15.9 Å². The molecule has 1 atom stereocenters. The first-order valence-corrected chi connectivity index (χ1v) is 8.10. The molecule has 0 unspecified atom stereocenters. The second-order valence-electron chi connectivity index (χ2n) is 5.79. The van der Waals surface area contributed by atoms with Gasteiger partial charge in [-0.15, -0.1) is 0 Å². The fourth-order valence-corrected chi connectivity index (χ4v) is 3.04. The number of nitrogens with one attached hydrogen (secondary N) is 1. The molecule has 0 aliphatic heterocycles. The number of hydrogen-bond acceptors (Lipinski definition) is 2. The first-order chi connectivity index (χ1) is 9.09. The summed E-state index contributed by atoms with van der Waals surface area (Å²) in [5.74, 6) is 0. The molecule has 1 aliphatic carbocycles. The van der Waals surface area contributed by atoms with Crippen molar-refractivity contribution >= 4 is 15.9 Å². The summed E-state index contributed by atoms with van der Waals surface area (Å²) < 4.78 is 1.10. The maximum atomic E-state index is 10.6. The zero-order valence-electron chi connectivity index (χ0n) is 11.7. The maximum Gasteiger partial charge on any atom is 0.0771 e. The first-order valence-electron chi connectivity index (χ1n) is 7.30. The molecule has 1 fully saturated rings. The van der Waals surface area contributed by atoms with E-state index < -0.39 is 5.60 Å². The summed E-state index contributed by atoms with van der Waals surface area (Å²) in [7, 11) is 0. The van der Waals surface area contributed by atoms with E-state index in [1.807, 2.05) is 0 Å². The standard InChI is InChI=1S/C16H24BrNO/c1-13(14-6-8-15(17)9-7-14)18-12-16(19)10-4-2-3-5-11-16/h6-9,13,18-19H,2-5,10-12H2,1H3/t13-/m0/s1. The van der Waals surface area contributed by atoms with Crippen LogP contribution in [-0.4, -0.2) is 17.3 Å². The predicted molar refractivity (Wildman–Crippen MR) is 83.2 cm³/mol. The van der Waals surface area contributed by atoms with Crippen molar-refractivity contribution in [3.8, 4) is 0 Å². The van der Waals surface area contributed by atoms with Crippen LogP contribution in [0.5, 0.6) is 0 Å². The van der Waals surface area contributed by atoms with E-state index in [0.29, 0.717) is 6.54 Å². The summed E-state index contributed by atoms with van der Waals surface area (Å²) in [5.41, 5.74) is 0.764. The molecule has 0 bridgehead atoms. The van der Waals surface area contributed by atoms with E-state index >= 15 is 0 Å². The van der Waals surface area contributed by atoms with Gasteiger partial charge in [-0.2, -0.15) is 0 Å². The highest BCUT2D eigenvalue weighted by molar-refractivity contribution is 9.10. The molecule has 106 valence electrons. The second-order valence-corrected chi connectivity index (χ2v) is 6.71. The zero-order chi connectivity index (χ0) is 13.7. The Morgan fingerprint density at radius 3 is 2.32 bits per heavy atom. The van der Waals surface area contributed by atoms with E-state index in [1.54, 1.807) is 0 Å². The van der Waals surface area contributed by atoms with E-state index in [4.69, 9.17) is 0 Å². The minimum Gasteiger partial charge on any atom is -0.389 e. The van der Waals surface area contributed by atoms with Crippen molar-refractivity contribution in [2.45, 2.75) is 57.1 Å². The van der Waals surface area contributed by atoms with E-state index in [1.165, 1.54) is 18.4 Å². The van der Waals surface area contributed by atoms with E-state index in [9.17, 15) is 5.11 Å². The molecule has 3 heteroatoms. The fraction of sp³-hybridized carbons (Fsp3) is 0.625. The highest BCUT2D eigenvalue weighted by Crippen LogP contribution is 2.27. The highest BCUT2D eigenvalue weighted by Gasteiger charge is 2.28. The molecule has 0 heterocycles. The Morgan fingerprint density at radius 2 is 1.74 bits per heavy atom. The second kappa shape index (κ2) is 6.87. The Balaban J connectivity index is 1.88. The molecule has 1 saturated carbocycles. The van der Waals surface area contributed by atoms with Crippen molar-refractivity contribution in [2.75, 3.05) is 6.54 Å². The van der Waals surface area contributed by atoms with E-state index in [0.717, 1.165) is 30.2 Å². The molecular weight excluding hydrogens is 302 g/mol. The summed E-state index contributed by atoms with van der Waals surface area (Å²) in [6, 6.07) is 8.65. The lowest BCUT2D eigenvalue weighted by Gasteiger charge is -2.29. The van der Waals surface area contributed by atoms with Gasteiger partial charge in [-0.25, -0.2) is 0 Å². The highest BCUT2D eigenvalue weighted by atomic mass is 79.9. The maximum absolute atomic E-state index is 10.6. The topological polar surface area (TPSA) is 32.3 Å². The molecule has 2 rings (SSSR count). The molecule has 1 aromatic rings. The lowest BCUT2D eigenvalue weighted by Crippen LogP contribution is -2.41. The fourth-order valence-electron chi connectivity index (χ4n) is 2.78. The first kappa shape index (κ1) is 15.0. The Kier molecular flexibility index (Phi) is 5.43. The van der Waals surface area contributed by atoms with Gasteiger partial charge in [0.15, 0.2) is 0 Å². The number of benzene rings is 1. The average molecular weight is 326 g/mol. The normalized spacial score (nSPS) is 20.8. The van der Waals surface area contributed by atoms with Crippen LogP contribution < -0.4 is 5.32 Å². The van der Waals surface area contributed by atoms with Gasteiger partial charge in [0.1, 0.15) is 0 Å². The van der Waals surface area contributed by atoms with Gasteiger partial charge < -0.3 is 10.4 Å². The molecule has 2 N–H and O–H groups in total. The van der Waals surface area contributed by atoms with Crippen molar-refractivity contribution in [3.63, 3.8) is 0 Å². The van der Waals surface area contributed by atoms with Crippen molar-refractivity contribution < 1.29 is 5.11 Å². The van der Waals surface area contributed by atoms with Crippen molar-refractivity contribution in [2.24, 2.45) is 0 Å². The zero-order valence-corrected chi connectivity index (χ0v) is 13.2. The van der Waals surface area contributed by atoms with Gasteiger partial charge >= 0.3 is 0 Å². The molecule has 19 heavy (non-hydrogen) atoms. The van der Waals surface area contributed by atoms with Crippen LogP contribution in [0.15, 0.2) is 28.7 Å². The molecule has 0 radical (unpaired) electrons. The SMILES string of the molecule is C[C@H](NCC1(O)CCCCCC1)c1ccc(Br)cc1. The molecule has 0 amide bonds. The van der Waals surface area contributed by atoms with Gasteiger partial charge in [0, 0.05) is 17.1 Å². The van der Waals surface area contributed by atoms with Crippen LogP contribution in [0.4, 0.5) is 0 Å². The molecular formula is C16H24BrNO. The summed E-state index contributed by atoms with van der Waals surface area (Å²) in [6.07, 6.45) is 6.73. The van der Waals surface area contributed by atoms with Crippen LogP contribution in [0, 0.1) is 0 Å². The summed E-state index contributed by atoms with van der Waals surface area (Å²) in [6.45, 7) is 2.85.